The fourth-order valence-corrected chi connectivity index (χ4v) is 6.29. The van der Waals surface area contributed by atoms with Crippen molar-refractivity contribution in [3.8, 4) is 0 Å². The maximum atomic E-state index is 13.5. The first-order chi connectivity index (χ1) is 14.6. The van der Waals surface area contributed by atoms with E-state index in [-0.39, 0.29) is 22.8 Å². The first-order valence-electron chi connectivity index (χ1n) is 10.4. The first-order valence-corrected chi connectivity index (χ1v) is 10.4. The van der Waals surface area contributed by atoms with Gasteiger partial charge in [-0.05, 0) is 35.2 Å². The summed E-state index contributed by atoms with van der Waals surface area (Å²) >= 11 is 0. The minimum absolute atomic E-state index is 0.0388. The van der Waals surface area contributed by atoms with Crippen molar-refractivity contribution < 1.29 is 9.72 Å². The van der Waals surface area contributed by atoms with Crippen molar-refractivity contribution in [3.63, 3.8) is 0 Å². The van der Waals surface area contributed by atoms with Crippen LogP contribution in [0.5, 0.6) is 0 Å². The van der Waals surface area contributed by atoms with Crippen LogP contribution in [0.4, 0.5) is 5.69 Å². The minimum Gasteiger partial charge on any atom is -0.324 e. The number of anilines is 1. The summed E-state index contributed by atoms with van der Waals surface area (Å²) in [5.41, 5.74) is 1.15. The molecule has 0 bridgehead atoms. The predicted octanol–water partition coefficient (Wildman–Crippen LogP) is 3.89. The molecule has 3 aromatic carbocycles. The zero-order chi connectivity index (χ0) is 20.5. The number of fused-ring (bicyclic) bond motifs is 5. The van der Waals surface area contributed by atoms with Gasteiger partial charge in [-0.1, -0.05) is 60.7 Å². The highest BCUT2D eigenvalue weighted by Crippen LogP contribution is 2.58. The number of para-hydroxylation sites is 1. The molecule has 3 aliphatic heterocycles. The van der Waals surface area contributed by atoms with Gasteiger partial charge in [-0.3, -0.25) is 19.8 Å². The van der Waals surface area contributed by atoms with Crippen LogP contribution in [0.3, 0.4) is 0 Å². The molecule has 0 unspecified atom stereocenters. The molecular formula is C24H21N3O3. The van der Waals surface area contributed by atoms with Gasteiger partial charge >= 0.3 is 0 Å². The molecule has 30 heavy (non-hydrogen) atoms. The Bertz CT molecular complexity index is 1200. The normalized spacial score (nSPS) is 29.9. The summed E-state index contributed by atoms with van der Waals surface area (Å²) in [5.74, 6) is -0.620. The third-order valence-corrected chi connectivity index (χ3v) is 7.28. The Morgan fingerprint density at radius 1 is 1.03 bits per heavy atom. The summed E-state index contributed by atoms with van der Waals surface area (Å²) in [6.45, 7) is 0.692. The lowest BCUT2D eigenvalue weighted by molar-refractivity contribution is -0.534. The molecule has 150 valence electrons. The molecule has 2 fully saturated rings. The maximum absolute atomic E-state index is 13.5. The zero-order valence-electron chi connectivity index (χ0n) is 16.3. The summed E-state index contributed by atoms with van der Waals surface area (Å²) in [6, 6.07) is 20.4. The number of rotatable bonds is 2. The Morgan fingerprint density at radius 3 is 2.67 bits per heavy atom. The zero-order valence-corrected chi connectivity index (χ0v) is 16.3. The van der Waals surface area contributed by atoms with Gasteiger partial charge in [0, 0.05) is 28.8 Å². The van der Waals surface area contributed by atoms with Crippen molar-refractivity contribution in [2.75, 3.05) is 11.9 Å². The molecule has 3 heterocycles. The van der Waals surface area contributed by atoms with Crippen LogP contribution < -0.4 is 5.32 Å². The van der Waals surface area contributed by atoms with E-state index in [1.165, 1.54) is 0 Å². The molecular weight excluding hydrogens is 378 g/mol. The van der Waals surface area contributed by atoms with E-state index in [4.69, 9.17) is 0 Å². The van der Waals surface area contributed by atoms with Gasteiger partial charge in [-0.2, -0.15) is 0 Å². The predicted molar refractivity (Wildman–Crippen MR) is 114 cm³/mol. The van der Waals surface area contributed by atoms with Crippen LogP contribution in [0.25, 0.3) is 10.8 Å². The van der Waals surface area contributed by atoms with Gasteiger partial charge in [0.2, 0.25) is 0 Å². The van der Waals surface area contributed by atoms with Crippen molar-refractivity contribution in [1.82, 2.24) is 4.90 Å². The van der Waals surface area contributed by atoms with Gasteiger partial charge in [0.1, 0.15) is 0 Å². The number of nitrogens with zero attached hydrogens (tertiary/aromatic N) is 2. The molecule has 6 nitrogen and oxygen atoms in total. The molecule has 4 atom stereocenters. The van der Waals surface area contributed by atoms with Crippen LogP contribution in [0, 0.1) is 10.1 Å². The number of carbonyl (C=O) groups is 1. The van der Waals surface area contributed by atoms with E-state index in [2.05, 4.69) is 10.2 Å². The quantitative estimate of drug-likeness (QED) is 0.524. The second-order valence-electron chi connectivity index (χ2n) is 8.49. The highest BCUT2D eigenvalue weighted by molar-refractivity contribution is 6.07. The number of nitro groups is 1. The van der Waals surface area contributed by atoms with E-state index in [1.54, 1.807) is 0 Å². The molecule has 0 aliphatic carbocycles. The fourth-order valence-electron chi connectivity index (χ4n) is 6.29. The van der Waals surface area contributed by atoms with Crippen LogP contribution in [0.2, 0.25) is 0 Å². The largest absolute Gasteiger partial charge is 0.324 e. The third kappa shape index (κ3) is 2.04. The molecule has 0 radical (unpaired) electrons. The summed E-state index contributed by atoms with van der Waals surface area (Å²) in [7, 11) is 0. The number of nitrogens with one attached hydrogen (secondary N) is 1. The average Bonchev–Trinajstić information content (AvgIpc) is 3.41. The Morgan fingerprint density at radius 2 is 1.80 bits per heavy atom. The molecule has 6 heteroatoms. The molecule has 0 aromatic heterocycles. The van der Waals surface area contributed by atoms with Gasteiger partial charge < -0.3 is 5.32 Å². The third-order valence-electron chi connectivity index (χ3n) is 7.28. The van der Waals surface area contributed by atoms with Crippen molar-refractivity contribution >= 4 is 22.4 Å². The lowest BCUT2D eigenvalue weighted by atomic mass is 9.76. The maximum Gasteiger partial charge on any atom is 0.256 e. The number of hydrogen-bond donors (Lipinski definition) is 1. The number of hydrogen-bond acceptors (Lipinski definition) is 4. The van der Waals surface area contributed by atoms with Crippen LogP contribution in [-0.2, 0) is 10.3 Å². The van der Waals surface area contributed by atoms with E-state index in [0.717, 1.165) is 34.7 Å². The van der Waals surface area contributed by atoms with Crippen molar-refractivity contribution in [3.05, 3.63) is 88.0 Å². The van der Waals surface area contributed by atoms with E-state index in [0.29, 0.717) is 12.2 Å². The summed E-state index contributed by atoms with van der Waals surface area (Å²) < 4.78 is 0. The molecule has 1 spiro atoms. The molecule has 3 aliphatic rings. The molecule has 1 amide bonds. The summed E-state index contributed by atoms with van der Waals surface area (Å²) in [5, 5.41) is 17.7. The number of benzene rings is 3. The number of carbonyl (C=O) groups excluding carboxylic acids is 1. The second kappa shape index (κ2) is 6.12. The topological polar surface area (TPSA) is 75.5 Å². The van der Waals surface area contributed by atoms with E-state index >= 15 is 0 Å². The molecule has 6 rings (SSSR count). The second-order valence-corrected chi connectivity index (χ2v) is 8.49. The molecule has 2 saturated heterocycles. The minimum atomic E-state index is -1.26. The summed E-state index contributed by atoms with van der Waals surface area (Å²) in [6.07, 6.45) is 1.79. The Labute approximate surface area is 173 Å². The monoisotopic (exact) mass is 399 g/mol. The van der Waals surface area contributed by atoms with Crippen LogP contribution >= 0.6 is 0 Å². The SMILES string of the molecule is O=C1Nc2ccccc2[C@]12[C@H]([N+](=O)[O-])[C@H](c1cccc3ccccc13)[C@@H]1CCCN12. The molecule has 3 aromatic rings. The van der Waals surface area contributed by atoms with Crippen LogP contribution in [0.1, 0.15) is 29.9 Å². The van der Waals surface area contributed by atoms with Crippen molar-refractivity contribution in [2.24, 2.45) is 0 Å². The van der Waals surface area contributed by atoms with Crippen LogP contribution in [-0.4, -0.2) is 34.4 Å². The lowest BCUT2D eigenvalue weighted by Crippen LogP contribution is -2.55. The van der Waals surface area contributed by atoms with E-state index in [9.17, 15) is 14.9 Å². The van der Waals surface area contributed by atoms with Gasteiger partial charge in [-0.15, -0.1) is 0 Å². The smallest absolute Gasteiger partial charge is 0.256 e. The fraction of sp³-hybridized carbons (Fsp3) is 0.292. The van der Waals surface area contributed by atoms with E-state index in [1.807, 2.05) is 66.7 Å². The Kier molecular flexibility index (Phi) is 3.59. The van der Waals surface area contributed by atoms with Crippen molar-refractivity contribution in [1.29, 1.82) is 0 Å². The Hall–Kier alpha value is -3.25. The van der Waals surface area contributed by atoms with Gasteiger partial charge in [0.25, 0.3) is 11.9 Å². The van der Waals surface area contributed by atoms with Gasteiger partial charge in [-0.25, -0.2) is 0 Å². The highest BCUT2D eigenvalue weighted by atomic mass is 16.6. The number of amides is 1. The Balaban J connectivity index is 1.65. The van der Waals surface area contributed by atoms with E-state index < -0.39 is 11.6 Å². The van der Waals surface area contributed by atoms with Gasteiger partial charge in [0.05, 0.1) is 5.92 Å². The van der Waals surface area contributed by atoms with Crippen molar-refractivity contribution in [2.45, 2.75) is 36.4 Å². The molecule has 0 saturated carbocycles. The molecule has 1 N–H and O–H groups in total. The van der Waals surface area contributed by atoms with Crippen LogP contribution in [0.15, 0.2) is 66.7 Å². The lowest BCUT2D eigenvalue weighted by Gasteiger charge is -2.32. The average molecular weight is 399 g/mol. The van der Waals surface area contributed by atoms with Gasteiger partial charge in [0.15, 0.2) is 5.54 Å². The highest BCUT2D eigenvalue weighted by Gasteiger charge is 2.73. The first kappa shape index (κ1) is 17.6. The standard InChI is InChI=1S/C24H21N3O3/c28-23-24(18-11-3-4-12-19(18)25-23)22(27(29)30)21(20-13-6-14-26(20)24)17-10-5-8-15-7-1-2-9-16(15)17/h1-5,7-12,20-22H,6,13-14H2,(H,25,28)/t20-,21+,22+,24-/m0/s1. The summed E-state index contributed by atoms with van der Waals surface area (Å²) in [4.78, 5) is 28.1.